The first kappa shape index (κ1) is 15.1. The number of carbonyl (C=O) groups excluding carboxylic acids is 2. The first-order chi connectivity index (χ1) is 10.0. The van der Waals surface area contributed by atoms with Crippen LogP contribution >= 0.6 is 11.3 Å². The van der Waals surface area contributed by atoms with E-state index in [0.29, 0.717) is 10.6 Å². The molecule has 0 atom stereocenters. The minimum absolute atomic E-state index is 0.124. The van der Waals surface area contributed by atoms with Crippen molar-refractivity contribution in [3.05, 3.63) is 41.3 Å². The van der Waals surface area contributed by atoms with Gasteiger partial charge in [-0.1, -0.05) is 30.3 Å². The summed E-state index contributed by atoms with van der Waals surface area (Å²) in [5, 5.41) is 0. The SMILES string of the molecule is COc1cc(-c2ccccc2)sc1C(=O)N(C)CC(N)=O. The van der Waals surface area contributed by atoms with E-state index in [-0.39, 0.29) is 12.5 Å². The van der Waals surface area contributed by atoms with Crippen LogP contribution in [0.25, 0.3) is 10.4 Å². The van der Waals surface area contributed by atoms with E-state index in [1.54, 1.807) is 0 Å². The fraction of sp³-hybridized carbons (Fsp3) is 0.200. The van der Waals surface area contributed by atoms with Crippen LogP contribution in [0.2, 0.25) is 0 Å². The molecular weight excluding hydrogens is 288 g/mol. The quantitative estimate of drug-likeness (QED) is 0.918. The number of hydrogen-bond acceptors (Lipinski definition) is 4. The zero-order valence-electron chi connectivity index (χ0n) is 11.8. The monoisotopic (exact) mass is 304 g/mol. The van der Waals surface area contributed by atoms with Crippen LogP contribution in [0.5, 0.6) is 5.75 Å². The summed E-state index contributed by atoms with van der Waals surface area (Å²) in [6.07, 6.45) is 0. The van der Waals surface area contributed by atoms with Gasteiger partial charge in [-0.05, 0) is 11.6 Å². The van der Waals surface area contributed by atoms with Crippen LogP contribution in [-0.4, -0.2) is 37.4 Å². The van der Waals surface area contributed by atoms with E-state index < -0.39 is 5.91 Å². The second-order valence-corrected chi connectivity index (χ2v) is 5.55. The van der Waals surface area contributed by atoms with Crippen molar-refractivity contribution in [1.82, 2.24) is 4.90 Å². The number of methoxy groups -OCH3 is 1. The minimum Gasteiger partial charge on any atom is -0.495 e. The number of thiophene rings is 1. The topological polar surface area (TPSA) is 72.6 Å². The third kappa shape index (κ3) is 3.41. The number of rotatable bonds is 5. The Bertz CT molecular complexity index is 652. The van der Waals surface area contributed by atoms with Crippen LogP contribution in [0.15, 0.2) is 36.4 Å². The van der Waals surface area contributed by atoms with E-state index in [1.165, 1.54) is 30.4 Å². The average molecular weight is 304 g/mol. The van der Waals surface area contributed by atoms with E-state index in [0.717, 1.165) is 10.4 Å². The zero-order valence-corrected chi connectivity index (χ0v) is 12.6. The van der Waals surface area contributed by atoms with Crippen molar-refractivity contribution in [3.63, 3.8) is 0 Å². The smallest absolute Gasteiger partial charge is 0.267 e. The molecule has 6 heteroatoms. The Labute approximate surface area is 126 Å². The van der Waals surface area contributed by atoms with Crippen molar-refractivity contribution in [1.29, 1.82) is 0 Å². The highest BCUT2D eigenvalue weighted by Crippen LogP contribution is 2.36. The Morgan fingerprint density at radius 2 is 1.95 bits per heavy atom. The maximum absolute atomic E-state index is 12.4. The number of primary amides is 1. The van der Waals surface area contributed by atoms with Gasteiger partial charge in [0.1, 0.15) is 10.6 Å². The van der Waals surface area contributed by atoms with Crippen LogP contribution in [0.4, 0.5) is 0 Å². The molecule has 2 amide bonds. The van der Waals surface area contributed by atoms with Crippen LogP contribution in [0, 0.1) is 0 Å². The molecule has 0 fully saturated rings. The number of benzene rings is 1. The molecule has 1 heterocycles. The van der Waals surface area contributed by atoms with Gasteiger partial charge in [0.15, 0.2) is 0 Å². The first-order valence-electron chi connectivity index (χ1n) is 6.30. The lowest BCUT2D eigenvalue weighted by atomic mass is 10.2. The molecule has 21 heavy (non-hydrogen) atoms. The van der Waals surface area contributed by atoms with E-state index >= 15 is 0 Å². The number of amides is 2. The van der Waals surface area contributed by atoms with Crippen LogP contribution < -0.4 is 10.5 Å². The molecule has 0 aliphatic rings. The Morgan fingerprint density at radius 1 is 1.29 bits per heavy atom. The number of carbonyl (C=O) groups is 2. The molecule has 0 aliphatic carbocycles. The van der Waals surface area contributed by atoms with Gasteiger partial charge in [0, 0.05) is 11.9 Å². The molecule has 0 radical (unpaired) electrons. The lowest BCUT2D eigenvalue weighted by Crippen LogP contribution is -2.35. The van der Waals surface area contributed by atoms with Crippen molar-refractivity contribution in [3.8, 4) is 16.2 Å². The number of nitrogens with two attached hydrogens (primary N) is 1. The van der Waals surface area contributed by atoms with E-state index in [9.17, 15) is 9.59 Å². The summed E-state index contributed by atoms with van der Waals surface area (Å²) in [6, 6.07) is 11.6. The molecule has 2 rings (SSSR count). The van der Waals surface area contributed by atoms with Gasteiger partial charge in [-0.2, -0.15) is 0 Å². The number of nitrogens with zero attached hydrogens (tertiary/aromatic N) is 1. The third-order valence-electron chi connectivity index (χ3n) is 2.91. The maximum Gasteiger partial charge on any atom is 0.267 e. The number of ether oxygens (including phenoxy) is 1. The second-order valence-electron chi connectivity index (χ2n) is 4.50. The van der Waals surface area contributed by atoms with Crippen molar-refractivity contribution in [2.75, 3.05) is 20.7 Å². The standard InChI is InChI=1S/C15H16N2O3S/c1-17(9-13(16)18)15(19)14-11(20-2)8-12(21-14)10-6-4-3-5-7-10/h3-8H,9H2,1-2H3,(H2,16,18). The van der Waals surface area contributed by atoms with Crippen LogP contribution in [-0.2, 0) is 4.79 Å². The highest BCUT2D eigenvalue weighted by Gasteiger charge is 2.21. The molecular formula is C15H16N2O3S. The minimum atomic E-state index is -0.551. The molecule has 5 nitrogen and oxygen atoms in total. The molecule has 0 unspecified atom stereocenters. The molecule has 0 spiro atoms. The molecule has 0 bridgehead atoms. The van der Waals surface area contributed by atoms with E-state index in [2.05, 4.69) is 0 Å². The molecule has 2 aromatic rings. The lowest BCUT2D eigenvalue weighted by Gasteiger charge is -2.14. The lowest BCUT2D eigenvalue weighted by molar-refractivity contribution is -0.118. The fourth-order valence-corrected chi connectivity index (χ4v) is 3.02. The van der Waals surface area contributed by atoms with Crippen molar-refractivity contribution in [2.24, 2.45) is 5.73 Å². The van der Waals surface area contributed by atoms with Gasteiger partial charge in [0.2, 0.25) is 5.91 Å². The summed E-state index contributed by atoms with van der Waals surface area (Å²) in [5.74, 6) is -0.331. The fourth-order valence-electron chi connectivity index (χ4n) is 1.90. The molecule has 0 saturated heterocycles. The third-order valence-corrected chi connectivity index (χ3v) is 4.06. The summed E-state index contributed by atoms with van der Waals surface area (Å²) >= 11 is 1.33. The van der Waals surface area contributed by atoms with Crippen molar-refractivity contribution >= 4 is 23.2 Å². The molecule has 2 N–H and O–H groups in total. The van der Waals surface area contributed by atoms with E-state index in [4.69, 9.17) is 10.5 Å². The van der Waals surface area contributed by atoms with Crippen molar-refractivity contribution < 1.29 is 14.3 Å². The molecule has 110 valence electrons. The van der Waals surface area contributed by atoms with E-state index in [1.807, 2.05) is 36.4 Å². The highest BCUT2D eigenvalue weighted by molar-refractivity contribution is 7.17. The summed E-state index contributed by atoms with van der Waals surface area (Å²) < 4.78 is 5.27. The van der Waals surface area contributed by atoms with Crippen molar-refractivity contribution in [2.45, 2.75) is 0 Å². The van der Waals surface area contributed by atoms with Gasteiger partial charge >= 0.3 is 0 Å². The molecule has 0 aliphatic heterocycles. The Hall–Kier alpha value is -2.34. The van der Waals surface area contributed by atoms with Gasteiger partial charge in [0.05, 0.1) is 13.7 Å². The largest absolute Gasteiger partial charge is 0.495 e. The first-order valence-corrected chi connectivity index (χ1v) is 7.11. The highest BCUT2D eigenvalue weighted by atomic mass is 32.1. The number of likely N-dealkylation sites (N-methyl/N-ethyl adjacent to an activating group) is 1. The summed E-state index contributed by atoms with van der Waals surface area (Å²) in [5.41, 5.74) is 6.13. The predicted molar refractivity (Wildman–Crippen MR) is 82.5 cm³/mol. The Balaban J connectivity index is 2.34. The maximum atomic E-state index is 12.4. The van der Waals surface area contributed by atoms with Gasteiger partial charge in [-0.15, -0.1) is 11.3 Å². The Morgan fingerprint density at radius 3 is 2.52 bits per heavy atom. The van der Waals surface area contributed by atoms with Gasteiger partial charge in [-0.25, -0.2) is 0 Å². The molecule has 0 saturated carbocycles. The average Bonchev–Trinajstić information content (AvgIpc) is 2.90. The number of hydrogen-bond donors (Lipinski definition) is 1. The summed E-state index contributed by atoms with van der Waals surface area (Å²) in [6.45, 7) is -0.124. The van der Waals surface area contributed by atoms with Gasteiger partial charge in [-0.3, -0.25) is 9.59 Å². The van der Waals surface area contributed by atoms with Crippen LogP contribution in [0.3, 0.4) is 0 Å². The van der Waals surface area contributed by atoms with Gasteiger partial charge < -0.3 is 15.4 Å². The summed E-state index contributed by atoms with van der Waals surface area (Å²) in [7, 11) is 3.05. The molecule has 1 aromatic carbocycles. The molecule has 1 aromatic heterocycles. The van der Waals surface area contributed by atoms with Crippen LogP contribution in [0.1, 0.15) is 9.67 Å². The predicted octanol–water partition coefficient (Wildman–Crippen LogP) is 1.98. The second kappa shape index (κ2) is 6.41. The summed E-state index contributed by atoms with van der Waals surface area (Å²) in [4.78, 5) is 26.0. The van der Waals surface area contributed by atoms with Gasteiger partial charge in [0.25, 0.3) is 5.91 Å². The zero-order chi connectivity index (χ0) is 15.4. The Kier molecular flexibility index (Phi) is 4.59. The normalized spacial score (nSPS) is 10.2.